The minimum atomic E-state index is -0.109. The van der Waals surface area contributed by atoms with E-state index in [1.54, 1.807) is 0 Å². The zero-order valence-corrected chi connectivity index (χ0v) is 10.2. The summed E-state index contributed by atoms with van der Waals surface area (Å²) in [5, 5.41) is 9.26. The number of rotatable bonds is 4. The number of aliphatic hydroxyl groups excluding tert-OH is 1. The molecule has 1 fully saturated rings. The first-order valence-electron chi connectivity index (χ1n) is 5.80. The van der Waals surface area contributed by atoms with Crippen LogP contribution in [0.2, 0.25) is 0 Å². The van der Waals surface area contributed by atoms with Crippen molar-refractivity contribution in [2.24, 2.45) is 11.8 Å². The normalized spacial score (nSPS) is 23.1. The number of nitrogens with one attached hydrogen (secondary N) is 1. The monoisotopic (exact) mass is 237 g/mol. The van der Waals surface area contributed by atoms with E-state index in [0.717, 1.165) is 30.9 Å². The van der Waals surface area contributed by atoms with Gasteiger partial charge in [0.1, 0.15) is 5.82 Å². The second-order valence-electron chi connectivity index (χ2n) is 4.71. The minimum absolute atomic E-state index is 0.109. The molecule has 6 nitrogen and oxygen atoms in total. The number of hydrogen-bond acceptors (Lipinski definition) is 6. The smallest absolute Gasteiger partial charge is 0.239 e. The Morgan fingerprint density at radius 1 is 1.53 bits per heavy atom. The summed E-state index contributed by atoms with van der Waals surface area (Å²) in [6.07, 6.45) is 1.66. The second-order valence-corrected chi connectivity index (χ2v) is 4.71. The number of aromatic nitrogens is 2. The lowest BCUT2D eigenvalue weighted by Crippen LogP contribution is -2.37. The van der Waals surface area contributed by atoms with Gasteiger partial charge in [-0.3, -0.25) is 5.43 Å². The van der Waals surface area contributed by atoms with Crippen LogP contribution in [0.15, 0.2) is 6.07 Å². The van der Waals surface area contributed by atoms with Crippen LogP contribution in [-0.4, -0.2) is 34.8 Å². The second kappa shape index (κ2) is 4.85. The molecule has 1 aromatic rings. The maximum Gasteiger partial charge on any atom is 0.239 e. The van der Waals surface area contributed by atoms with Gasteiger partial charge in [-0.1, -0.05) is 0 Å². The number of nitrogens with zero attached hydrogens (tertiary/aromatic N) is 3. The maximum absolute atomic E-state index is 9.26. The minimum Gasteiger partial charge on any atom is -0.393 e. The zero-order chi connectivity index (χ0) is 12.4. The molecule has 1 aliphatic carbocycles. The van der Waals surface area contributed by atoms with Crippen LogP contribution in [0.4, 0.5) is 11.8 Å². The van der Waals surface area contributed by atoms with E-state index in [4.69, 9.17) is 5.84 Å². The topological polar surface area (TPSA) is 87.3 Å². The van der Waals surface area contributed by atoms with Gasteiger partial charge in [-0.25, -0.2) is 10.8 Å². The highest BCUT2D eigenvalue weighted by atomic mass is 16.3. The van der Waals surface area contributed by atoms with Crippen molar-refractivity contribution in [2.45, 2.75) is 25.9 Å². The first-order valence-corrected chi connectivity index (χ1v) is 5.80. The molecule has 0 unspecified atom stereocenters. The molecule has 1 aromatic heterocycles. The van der Waals surface area contributed by atoms with Crippen LogP contribution in [0.1, 0.15) is 18.5 Å². The lowest BCUT2D eigenvalue weighted by Gasteiger charge is -2.34. The van der Waals surface area contributed by atoms with E-state index in [9.17, 15) is 5.11 Å². The number of hydrazine groups is 1. The Hall–Kier alpha value is -1.40. The summed E-state index contributed by atoms with van der Waals surface area (Å²) in [5.74, 6) is 7.16. The molecule has 0 atom stereocenters. The first kappa shape index (κ1) is 12.1. The van der Waals surface area contributed by atoms with Gasteiger partial charge < -0.3 is 10.0 Å². The highest BCUT2D eigenvalue weighted by Crippen LogP contribution is 2.28. The highest BCUT2D eigenvalue weighted by molar-refractivity contribution is 5.43. The van der Waals surface area contributed by atoms with Crippen molar-refractivity contribution < 1.29 is 5.11 Å². The van der Waals surface area contributed by atoms with Crippen molar-refractivity contribution in [2.75, 3.05) is 23.9 Å². The van der Waals surface area contributed by atoms with Gasteiger partial charge in [0.25, 0.3) is 0 Å². The lowest BCUT2D eigenvalue weighted by molar-refractivity contribution is 0.0464. The molecule has 0 spiro atoms. The third-order valence-electron chi connectivity index (χ3n) is 3.10. The van der Waals surface area contributed by atoms with Gasteiger partial charge in [0.15, 0.2) is 0 Å². The highest BCUT2D eigenvalue weighted by Gasteiger charge is 2.28. The average molecular weight is 237 g/mol. The van der Waals surface area contributed by atoms with Crippen molar-refractivity contribution in [3.8, 4) is 0 Å². The lowest BCUT2D eigenvalue weighted by atomic mass is 9.82. The quantitative estimate of drug-likeness (QED) is 0.515. The summed E-state index contributed by atoms with van der Waals surface area (Å²) in [5.41, 5.74) is 3.34. The number of aliphatic hydroxyl groups is 1. The molecular weight excluding hydrogens is 218 g/mol. The molecule has 0 saturated heterocycles. The summed E-state index contributed by atoms with van der Waals surface area (Å²) in [6, 6.07) is 1.93. The van der Waals surface area contributed by atoms with Gasteiger partial charge >= 0.3 is 0 Å². The van der Waals surface area contributed by atoms with Crippen LogP contribution in [0.3, 0.4) is 0 Å². The van der Waals surface area contributed by atoms with Crippen molar-refractivity contribution in [1.82, 2.24) is 9.97 Å². The van der Waals surface area contributed by atoms with E-state index in [1.165, 1.54) is 0 Å². The van der Waals surface area contributed by atoms with Crippen LogP contribution in [0.25, 0.3) is 0 Å². The largest absolute Gasteiger partial charge is 0.393 e. The maximum atomic E-state index is 9.26. The molecule has 1 aliphatic rings. The van der Waals surface area contributed by atoms with E-state index < -0.39 is 0 Å². The predicted octanol–water partition coefficient (Wildman–Crippen LogP) is 0.278. The summed E-state index contributed by atoms with van der Waals surface area (Å²) >= 11 is 0. The molecule has 0 aliphatic heterocycles. The van der Waals surface area contributed by atoms with Crippen molar-refractivity contribution in [3.63, 3.8) is 0 Å². The predicted molar refractivity (Wildman–Crippen MR) is 66.6 cm³/mol. The zero-order valence-electron chi connectivity index (χ0n) is 10.2. The van der Waals surface area contributed by atoms with Gasteiger partial charge in [0, 0.05) is 25.4 Å². The number of anilines is 2. The molecule has 1 saturated carbocycles. The van der Waals surface area contributed by atoms with Gasteiger partial charge in [0.2, 0.25) is 5.95 Å². The van der Waals surface area contributed by atoms with Gasteiger partial charge in [0.05, 0.1) is 6.10 Å². The Balaban J connectivity index is 2.02. The average Bonchev–Trinajstić information content (AvgIpc) is 2.26. The molecule has 4 N–H and O–H groups in total. The fraction of sp³-hybridized carbons (Fsp3) is 0.636. The van der Waals surface area contributed by atoms with E-state index >= 15 is 0 Å². The Morgan fingerprint density at radius 3 is 2.82 bits per heavy atom. The molecule has 0 amide bonds. The molecule has 0 aromatic carbocycles. The molecule has 94 valence electrons. The molecule has 1 heterocycles. The van der Waals surface area contributed by atoms with Gasteiger partial charge in [-0.05, 0) is 25.7 Å². The molecular formula is C11H19N5O. The number of nitrogen functional groups attached to an aromatic ring is 1. The van der Waals surface area contributed by atoms with E-state index in [2.05, 4.69) is 20.3 Å². The molecule has 0 bridgehead atoms. The number of hydrogen-bond donors (Lipinski definition) is 3. The Labute approximate surface area is 101 Å². The Bertz CT molecular complexity index is 391. The van der Waals surface area contributed by atoms with Crippen LogP contribution < -0.4 is 16.2 Å². The first-order chi connectivity index (χ1) is 8.08. The van der Waals surface area contributed by atoms with Crippen molar-refractivity contribution in [3.05, 3.63) is 11.8 Å². The molecule has 2 rings (SSSR count). The Morgan fingerprint density at radius 2 is 2.24 bits per heavy atom. The number of aryl methyl sites for hydroxylation is 1. The van der Waals surface area contributed by atoms with Crippen LogP contribution >= 0.6 is 0 Å². The molecule has 6 heteroatoms. The summed E-state index contributed by atoms with van der Waals surface area (Å²) in [7, 11) is 1.99. The van der Waals surface area contributed by atoms with Crippen LogP contribution in [-0.2, 0) is 0 Å². The van der Waals surface area contributed by atoms with Crippen molar-refractivity contribution >= 4 is 11.8 Å². The number of nitrogens with two attached hydrogens (primary N) is 1. The summed E-state index contributed by atoms with van der Waals surface area (Å²) in [4.78, 5) is 10.5. The third kappa shape index (κ3) is 2.83. The van der Waals surface area contributed by atoms with Crippen LogP contribution in [0.5, 0.6) is 0 Å². The summed E-state index contributed by atoms with van der Waals surface area (Å²) in [6.45, 7) is 2.81. The van der Waals surface area contributed by atoms with Crippen LogP contribution in [0, 0.1) is 12.8 Å². The van der Waals surface area contributed by atoms with Gasteiger partial charge in [-0.2, -0.15) is 4.98 Å². The fourth-order valence-electron chi connectivity index (χ4n) is 2.14. The van der Waals surface area contributed by atoms with Gasteiger partial charge in [-0.15, -0.1) is 0 Å². The van der Waals surface area contributed by atoms with E-state index in [0.29, 0.717) is 11.9 Å². The van der Waals surface area contributed by atoms with E-state index in [1.807, 2.05) is 20.0 Å². The SMILES string of the molecule is Cc1cc(N(C)CC2CC(O)C2)nc(NN)n1. The third-order valence-corrected chi connectivity index (χ3v) is 3.10. The van der Waals surface area contributed by atoms with Crippen molar-refractivity contribution in [1.29, 1.82) is 0 Å². The Kier molecular flexibility index (Phi) is 3.44. The standard InChI is InChI=1S/C11H19N5O/c1-7-3-10(14-11(13-7)15-12)16(2)6-8-4-9(17)5-8/h3,8-9,17H,4-6,12H2,1-2H3,(H,13,14,15). The molecule has 17 heavy (non-hydrogen) atoms. The molecule has 0 radical (unpaired) electrons. The van der Waals surface area contributed by atoms with E-state index in [-0.39, 0.29) is 6.10 Å². The summed E-state index contributed by atoms with van der Waals surface area (Å²) < 4.78 is 0. The fourth-order valence-corrected chi connectivity index (χ4v) is 2.14.